The topological polar surface area (TPSA) is 44.7 Å². The molecule has 2 N–H and O–H groups in total. The van der Waals surface area contributed by atoms with Gasteiger partial charge in [-0.25, -0.2) is 0 Å². The molecule has 2 aliphatic heterocycles. The molecule has 2 rings (SSSR count). The van der Waals surface area contributed by atoms with Crippen molar-refractivity contribution >= 4 is 0 Å². The summed E-state index contributed by atoms with van der Waals surface area (Å²) in [6, 6.07) is 0. The van der Waals surface area contributed by atoms with E-state index in [0.717, 1.165) is 58.7 Å². The number of aliphatic hydroxyl groups excluding tert-OH is 1. The van der Waals surface area contributed by atoms with E-state index in [4.69, 9.17) is 4.74 Å². The van der Waals surface area contributed by atoms with Crippen LogP contribution in [0.4, 0.5) is 0 Å². The number of ether oxygens (including phenoxy) is 1. The largest absolute Gasteiger partial charge is 0.396 e. The predicted molar refractivity (Wildman–Crippen MR) is 81.9 cm³/mol. The number of nitrogens with zero attached hydrogens (tertiary/aromatic N) is 1. The van der Waals surface area contributed by atoms with Crippen LogP contribution >= 0.6 is 0 Å². The first-order valence-corrected chi connectivity index (χ1v) is 8.08. The number of piperidine rings is 1. The molecule has 1 atom stereocenters. The van der Waals surface area contributed by atoms with Crippen LogP contribution in [0.25, 0.3) is 0 Å². The molecular weight excluding hydrogens is 252 g/mol. The molecule has 4 nitrogen and oxygen atoms in total. The lowest BCUT2D eigenvalue weighted by molar-refractivity contribution is 0.0715. The molecule has 0 radical (unpaired) electrons. The van der Waals surface area contributed by atoms with E-state index in [1.54, 1.807) is 0 Å². The minimum atomic E-state index is 0.166. The fourth-order valence-electron chi connectivity index (χ4n) is 3.22. The second kappa shape index (κ2) is 6.73. The van der Waals surface area contributed by atoms with Gasteiger partial charge in [-0.2, -0.15) is 0 Å². The fourth-order valence-corrected chi connectivity index (χ4v) is 3.22. The summed E-state index contributed by atoms with van der Waals surface area (Å²) < 4.78 is 5.70. The first-order chi connectivity index (χ1) is 9.42. The Morgan fingerprint density at radius 3 is 2.50 bits per heavy atom. The molecule has 0 aromatic heterocycles. The monoisotopic (exact) mass is 284 g/mol. The summed E-state index contributed by atoms with van der Waals surface area (Å²) >= 11 is 0. The van der Waals surface area contributed by atoms with Crippen LogP contribution in [-0.4, -0.2) is 61.5 Å². The minimum absolute atomic E-state index is 0.166. The Balaban J connectivity index is 1.86. The highest BCUT2D eigenvalue weighted by atomic mass is 16.5. The van der Waals surface area contributed by atoms with E-state index in [1.807, 2.05) is 0 Å². The van der Waals surface area contributed by atoms with Gasteiger partial charge in [0.1, 0.15) is 0 Å². The van der Waals surface area contributed by atoms with Gasteiger partial charge in [-0.05, 0) is 59.0 Å². The SMILES string of the molecule is CC(C)(C)NCC1(CN2CCC(CO)CC2)CCOC1. The number of hydrogen-bond donors (Lipinski definition) is 2. The average molecular weight is 284 g/mol. The minimum Gasteiger partial charge on any atom is -0.396 e. The predicted octanol–water partition coefficient (Wildman–Crippen LogP) is 1.49. The molecule has 1 unspecified atom stereocenters. The van der Waals surface area contributed by atoms with Gasteiger partial charge in [0.05, 0.1) is 6.61 Å². The zero-order chi connectivity index (χ0) is 14.6. The third-order valence-corrected chi connectivity index (χ3v) is 4.70. The van der Waals surface area contributed by atoms with Gasteiger partial charge in [-0.3, -0.25) is 0 Å². The molecule has 0 amide bonds. The molecule has 2 saturated heterocycles. The van der Waals surface area contributed by atoms with Crippen molar-refractivity contribution in [2.24, 2.45) is 11.3 Å². The number of nitrogens with one attached hydrogen (secondary N) is 1. The lowest BCUT2D eigenvalue weighted by Gasteiger charge is -2.39. The van der Waals surface area contributed by atoms with Crippen molar-refractivity contribution in [3.05, 3.63) is 0 Å². The van der Waals surface area contributed by atoms with Crippen LogP contribution in [-0.2, 0) is 4.74 Å². The summed E-state index contributed by atoms with van der Waals surface area (Å²) in [5.74, 6) is 0.523. The molecular formula is C16H32N2O2. The van der Waals surface area contributed by atoms with E-state index in [0.29, 0.717) is 12.5 Å². The molecule has 118 valence electrons. The maximum Gasteiger partial charge on any atom is 0.0547 e. The van der Waals surface area contributed by atoms with Crippen LogP contribution < -0.4 is 5.32 Å². The van der Waals surface area contributed by atoms with E-state index in [2.05, 4.69) is 31.0 Å². The average Bonchev–Trinajstić information content (AvgIpc) is 2.86. The Hall–Kier alpha value is -0.160. The van der Waals surface area contributed by atoms with Crippen LogP contribution in [0, 0.1) is 11.3 Å². The molecule has 0 aromatic carbocycles. The fraction of sp³-hybridized carbons (Fsp3) is 1.00. The first-order valence-electron chi connectivity index (χ1n) is 8.08. The number of rotatable bonds is 5. The van der Waals surface area contributed by atoms with Gasteiger partial charge >= 0.3 is 0 Å². The highest BCUT2D eigenvalue weighted by Gasteiger charge is 2.38. The van der Waals surface area contributed by atoms with Gasteiger partial charge in [0.25, 0.3) is 0 Å². The summed E-state index contributed by atoms with van der Waals surface area (Å²) in [6.07, 6.45) is 3.44. The first kappa shape index (κ1) is 16.2. The van der Waals surface area contributed by atoms with Gasteiger partial charge in [-0.15, -0.1) is 0 Å². The second-order valence-electron chi connectivity index (χ2n) is 7.81. The van der Waals surface area contributed by atoms with E-state index in [1.165, 1.54) is 0 Å². The normalized spacial score (nSPS) is 30.0. The van der Waals surface area contributed by atoms with Crippen molar-refractivity contribution in [1.29, 1.82) is 0 Å². The lowest BCUT2D eigenvalue weighted by Crippen LogP contribution is -2.50. The Kier molecular flexibility index (Phi) is 5.46. The molecule has 0 aromatic rings. The summed E-state index contributed by atoms with van der Waals surface area (Å²) in [5.41, 5.74) is 0.443. The molecule has 2 aliphatic rings. The van der Waals surface area contributed by atoms with Gasteiger partial charge in [0.15, 0.2) is 0 Å². The van der Waals surface area contributed by atoms with Crippen molar-refractivity contribution in [2.45, 2.75) is 45.6 Å². The Morgan fingerprint density at radius 2 is 2.00 bits per heavy atom. The van der Waals surface area contributed by atoms with Crippen LogP contribution in [0.15, 0.2) is 0 Å². The third-order valence-electron chi connectivity index (χ3n) is 4.70. The Morgan fingerprint density at radius 1 is 1.30 bits per heavy atom. The third kappa shape index (κ3) is 4.69. The number of likely N-dealkylation sites (tertiary alicyclic amines) is 1. The molecule has 4 heteroatoms. The maximum absolute atomic E-state index is 9.24. The zero-order valence-corrected chi connectivity index (χ0v) is 13.5. The molecule has 0 saturated carbocycles. The van der Waals surface area contributed by atoms with Crippen molar-refractivity contribution in [3.8, 4) is 0 Å². The zero-order valence-electron chi connectivity index (χ0n) is 13.5. The van der Waals surface area contributed by atoms with E-state index in [9.17, 15) is 5.11 Å². The summed E-state index contributed by atoms with van der Waals surface area (Å²) in [6.45, 7) is 13.2. The van der Waals surface area contributed by atoms with E-state index in [-0.39, 0.29) is 11.0 Å². The lowest BCUT2D eigenvalue weighted by atomic mass is 9.84. The molecule has 20 heavy (non-hydrogen) atoms. The molecule has 0 aliphatic carbocycles. The number of aliphatic hydroxyl groups is 1. The Bertz CT molecular complexity index is 287. The highest BCUT2D eigenvalue weighted by Crippen LogP contribution is 2.31. The van der Waals surface area contributed by atoms with Crippen LogP contribution in [0.3, 0.4) is 0 Å². The van der Waals surface area contributed by atoms with Gasteiger partial charge in [0.2, 0.25) is 0 Å². The smallest absolute Gasteiger partial charge is 0.0547 e. The summed E-state index contributed by atoms with van der Waals surface area (Å²) in [7, 11) is 0. The highest BCUT2D eigenvalue weighted by molar-refractivity contribution is 4.91. The molecule has 0 bridgehead atoms. The standard InChI is InChI=1S/C16H32N2O2/c1-15(2,3)17-11-16(6-9-20-13-16)12-18-7-4-14(10-19)5-8-18/h14,17,19H,4-13H2,1-3H3. The van der Waals surface area contributed by atoms with E-state index >= 15 is 0 Å². The van der Waals surface area contributed by atoms with Crippen molar-refractivity contribution < 1.29 is 9.84 Å². The maximum atomic E-state index is 9.24. The molecule has 0 spiro atoms. The summed E-state index contributed by atoms with van der Waals surface area (Å²) in [5, 5.41) is 12.9. The van der Waals surface area contributed by atoms with Crippen molar-refractivity contribution in [2.75, 3.05) is 46.0 Å². The van der Waals surface area contributed by atoms with Crippen LogP contribution in [0.1, 0.15) is 40.0 Å². The number of hydrogen-bond acceptors (Lipinski definition) is 4. The Labute approximate surface area is 123 Å². The second-order valence-corrected chi connectivity index (χ2v) is 7.81. The quantitative estimate of drug-likeness (QED) is 0.803. The van der Waals surface area contributed by atoms with Crippen LogP contribution in [0.2, 0.25) is 0 Å². The van der Waals surface area contributed by atoms with E-state index < -0.39 is 0 Å². The van der Waals surface area contributed by atoms with Gasteiger partial charge < -0.3 is 20.1 Å². The van der Waals surface area contributed by atoms with Crippen molar-refractivity contribution in [3.63, 3.8) is 0 Å². The molecule has 2 fully saturated rings. The van der Waals surface area contributed by atoms with Gasteiger partial charge in [0, 0.05) is 37.3 Å². The van der Waals surface area contributed by atoms with Crippen LogP contribution in [0.5, 0.6) is 0 Å². The molecule has 2 heterocycles. The van der Waals surface area contributed by atoms with Gasteiger partial charge in [-0.1, -0.05) is 0 Å². The summed E-state index contributed by atoms with van der Waals surface area (Å²) in [4.78, 5) is 2.57. The van der Waals surface area contributed by atoms with Crippen molar-refractivity contribution in [1.82, 2.24) is 10.2 Å².